The number of benzene rings is 2. The van der Waals surface area contributed by atoms with Gasteiger partial charge in [0.25, 0.3) is 0 Å². The van der Waals surface area contributed by atoms with Crippen molar-refractivity contribution in [1.82, 2.24) is 0 Å². The first-order valence-electron chi connectivity index (χ1n) is 7.27. The number of phenols is 1. The topological polar surface area (TPSA) is 98.0 Å². The first-order chi connectivity index (χ1) is 10.6. The molecule has 0 aliphatic heterocycles. The van der Waals surface area contributed by atoms with Crippen molar-refractivity contribution in [2.45, 2.75) is 25.7 Å². The van der Waals surface area contributed by atoms with Crippen LogP contribution < -0.4 is 0 Å². The van der Waals surface area contributed by atoms with Gasteiger partial charge in [-0.2, -0.15) is 0 Å². The molecule has 0 bridgehead atoms. The quantitative estimate of drug-likeness (QED) is 0.615. The van der Waals surface area contributed by atoms with E-state index in [1.54, 1.807) is 6.07 Å². The molecule has 120 valence electrons. The summed E-state index contributed by atoms with van der Waals surface area (Å²) in [4.78, 5) is 10.7. The van der Waals surface area contributed by atoms with Crippen molar-refractivity contribution >= 4 is 16.7 Å². The summed E-state index contributed by atoms with van der Waals surface area (Å²) in [6, 6.07) is 10.2. The highest BCUT2D eigenvalue weighted by Crippen LogP contribution is 2.24. The zero-order valence-corrected chi connectivity index (χ0v) is 12.4. The molecular weight excluding hydrogens is 284 g/mol. The van der Waals surface area contributed by atoms with E-state index in [0.717, 1.165) is 36.5 Å². The minimum atomic E-state index is -1.12. The molecule has 0 fully saturated rings. The molecule has 0 radical (unpaired) electrons. The highest BCUT2D eigenvalue weighted by Gasteiger charge is 2.09. The zero-order valence-electron chi connectivity index (χ0n) is 12.4. The number of hydrogen-bond acceptors (Lipinski definition) is 4. The van der Waals surface area contributed by atoms with E-state index in [1.807, 2.05) is 18.2 Å². The summed E-state index contributed by atoms with van der Waals surface area (Å²) < 4.78 is 0. The molecule has 4 N–H and O–H groups in total. The Morgan fingerprint density at radius 3 is 1.82 bits per heavy atom. The molecule has 0 saturated carbocycles. The van der Waals surface area contributed by atoms with E-state index in [1.165, 1.54) is 12.1 Å². The largest absolute Gasteiger partial charge is 0.507 e. The second kappa shape index (κ2) is 9.76. The Bertz CT molecular complexity index is 589. The molecule has 0 aliphatic carbocycles. The van der Waals surface area contributed by atoms with E-state index in [0.29, 0.717) is 0 Å². The highest BCUT2D eigenvalue weighted by atomic mass is 16.4. The van der Waals surface area contributed by atoms with E-state index in [4.69, 9.17) is 15.3 Å². The standard InChI is InChI=1S/C11H8O3.C6H14O2/c12-10-6-8-4-2-1-3-7(8)5-9(10)11(13)14;7-5-3-1-2-4-6-8/h1-6,12H,(H,13,14);7-8H,1-6H2. The molecule has 0 amide bonds. The lowest BCUT2D eigenvalue weighted by Crippen LogP contribution is -1.96. The fourth-order valence-corrected chi connectivity index (χ4v) is 1.98. The molecular formula is C17H22O5. The lowest BCUT2D eigenvalue weighted by atomic mass is 10.1. The van der Waals surface area contributed by atoms with Crippen LogP contribution in [-0.4, -0.2) is 39.6 Å². The van der Waals surface area contributed by atoms with Gasteiger partial charge in [0.1, 0.15) is 11.3 Å². The van der Waals surface area contributed by atoms with Gasteiger partial charge in [0.15, 0.2) is 0 Å². The van der Waals surface area contributed by atoms with Crippen molar-refractivity contribution in [2.75, 3.05) is 13.2 Å². The van der Waals surface area contributed by atoms with Crippen molar-refractivity contribution in [3.8, 4) is 5.75 Å². The minimum Gasteiger partial charge on any atom is -0.507 e. The average Bonchev–Trinajstić information content (AvgIpc) is 2.51. The van der Waals surface area contributed by atoms with Gasteiger partial charge in [-0.05, 0) is 35.7 Å². The summed E-state index contributed by atoms with van der Waals surface area (Å²) >= 11 is 0. The summed E-state index contributed by atoms with van der Waals surface area (Å²) in [5.74, 6) is -1.32. The van der Waals surface area contributed by atoms with Gasteiger partial charge in [0.05, 0.1) is 0 Å². The number of hydrogen-bond donors (Lipinski definition) is 4. The van der Waals surface area contributed by atoms with Crippen LogP contribution in [0.1, 0.15) is 36.0 Å². The molecule has 5 nitrogen and oxygen atoms in total. The van der Waals surface area contributed by atoms with Crippen LogP contribution in [0.15, 0.2) is 36.4 Å². The number of carboxylic acid groups (broad SMARTS) is 1. The summed E-state index contributed by atoms with van der Waals surface area (Å²) in [6.07, 6.45) is 3.83. The number of rotatable bonds is 6. The van der Waals surface area contributed by atoms with Crippen LogP contribution in [0, 0.1) is 0 Å². The molecule has 0 heterocycles. The number of unbranched alkanes of at least 4 members (excludes halogenated alkanes) is 3. The third kappa shape index (κ3) is 5.71. The summed E-state index contributed by atoms with van der Waals surface area (Å²) in [5, 5.41) is 36.4. The second-order valence-corrected chi connectivity index (χ2v) is 4.88. The van der Waals surface area contributed by atoms with Crippen molar-refractivity contribution in [1.29, 1.82) is 0 Å². The zero-order chi connectivity index (χ0) is 16.4. The monoisotopic (exact) mass is 306 g/mol. The summed E-state index contributed by atoms with van der Waals surface area (Å²) in [6.45, 7) is 0.566. The van der Waals surface area contributed by atoms with Crippen LogP contribution in [0.3, 0.4) is 0 Å². The first kappa shape index (κ1) is 17.9. The van der Waals surface area contributed by atoms with Gasteiger partial charge in [0.2, 0.25) is 0 Å². The number of fused-ring (bicyclic) bond motifs is 1. The maximum Gasteiger partial charge on any atom is 0.339 e. The van der Waals surface area contributed by atoms with Gasteiger partial charge in [-0.25, -0.2) is 4.79 Å². The summed E-state index contributed by atoms with van der Waals surface area (Å²) in [7, 11) is 0. The summed E-state index contributed by atoms with van der Waals surface area (Å²) in [5.41, 5.74) is -0.0660. The fourth-order valence-electron chi connectivity index (χ4n) is 1.98. The lowest BCUT2D eigenvalue weighted by Gasteiger charge is -2.02. The predicted octanol–water partition coefficient (Wildman–Crippen LogP) is 2.78. The average molecular weight is 306 g/mol. The molecule has 0 atom stereocenters. The molecule has 5 heteroatoms. The smallest absolute Gasteiger partial charge is 0.339 e. The van der Waals surface area contributed by atoms with Crippen LogP contribution in [0.25, 0.3) is 10.8 Å². The van der Waals surface area contributed by atoms with Crippen LogP contribution in [0.4, 0.5) is 0 Å². The molecule has 2 aromatic carbocycles. The Morgan fingerprint density at radius 1 is 0.864 bits per heavy atom. The van der Waals surface area contributed by atoms with E-state index in [2.05, 4.69) is 0 Å². The van der Waals surface area contributed by atoms with Crippen molar-refractivity contribution in [3.63, 3.8) is 0 Å². The number of carboxylic acids is 1. The number of carbonyl (C=O) groups is 1. The third-order valence-corrected chi connectivity index (χ3v) is 3.16. The normalized spacial score (nSPS) is 10.1. The maximum absolute atomic E-state index is 10.7. The Labute approximate surface area is 129 Å². The van der Waals surface area contributed by atoms with Crippen LogP contribution in [0.2, 0.25) is 0 Å². The molecule has 0 saturated heterocycles. The first-order valence-corrected chi connectivity index (χ1v) is 7.27. The lowest BCUT2D eigenvalue weighted by molar-refractivity contribution is 0.0694. The van der Waals surface area contributed by atoms with Crippen molar-refractivity contribution in [2.24, 2.45) is 0 Å². The van der Waals surface area contributed by atoms with Crippen LogP contribution in [-0.2, 0) is 0 Å². The number of aliphatic hydroxyl groups excluding tert-OH is 2. The minimum absolute atomic E-state index is 0.0660. The van der Waals surface area contributed by atoms with E-state index in [9.17, 15) is 9.90 Å². The van der Waals surface area contributed by atoms with Gasteiger partial charge < -0.3 is 20.4 Å². The molecule has 2 rings (SSSR count). The number of aromatic hydroxyl groups is 1. The molecule has 2 aromatic rings. The van der Waals surface area contributed by atoms with Gasteiger partial charge >= 0.3 is 5.97 Å². The van der Waals surface area contributed by atoms with E-state index < -0.39 is 5.97 Å². The molecule has 22 heavy (non-hydrogen) atoms. The predicted molar refractivity (Wildman–Crippen MR) is 85.2 cm³/mol. The second-order valence-electron chi connectivity index (χ2n) is 4.88. The van der Waals surface area contributed by atoms with Gasteiger partial charge in [-0.3, -0.25) is 0 Å². The number of aliphatic hydroxyl groups is 2. The fraction of sp³-hybridized carbons (Fsp3) is 0.353. The van der Waals surface area contributed by atoms with E-state index >= 15 is 0 Å². The Kier molecular flexibility index (Phi) is 7.96. The Hall–Kier alpha value is -2.11. The highest BCUT2D eigenvalue weighted by molar-refractivity contribution is 5.97. The third-order valence-electron chi connectivity index (χ3n) is 3.16. The Balaban J connectivity index is 0.000000261. The number of aromatic carboxylic acids is 1. The van der Waals surface area contributed by atoms with Crippen LogP contribution >= 0.6 is 0 Å². The van der Waals surface area contributed by atoms with E-state index in [-0.39, 0.29) is 24.5 Å². The molecule has 0 aromatic heterocycles. The van der Waals surface area contributed by atoms with Gasteiger partial charge in [0, 0.05) is 13.2 Å². The maximum atomic E-state index is 10.7. The van der Waals surface area contributed by atoms with Gasteiger partial charge in [-0.1, -0.05) is 37.1 Å². The van der Waals surface area contributed by atoms with Gasteiger partial charge in [-0.15, -0.1) is 0 Å². The van der Waals surface area contributed by atoms with Crippen LogP contribution in [0.5, 0.6) is 5.75 Å². The van der Waals surface area contributed by atoms with Crippen molar-refractivity contribution in [3.05, 3.63) is 42.0 Å². The molecule has 0 unspecified atom stereocenters. The Morgan fingerprint density at radius 2 is 1.36 bits per heavy atom. The van der Waals surface area contributed by atoms with Crippen molar-refractivity contribution < 1.29 is 25.2 Å². The molecule has 0 spiro atoms. The molecule has 0 aliphatic rings. The SMILES string of the molecule is O=C(O)c1cc2ccccc2cc1O.OCCCCCCO.